The van der Waals surface area contributed by atoms with Gasteiger partial charge in [0.25, 0.3) is 0 Å². The Morgan fingerprint density at radius 3 is 2.66 bits per heavy atom. The van der Waals surface area contributed by atoms with E-state index in [1.54, 1.807) is 0 Å². The van der Waals surface area contributed by atoms with E-state index in [0.717, 1.165) is 101 Å². The molecule has 0 radical (unpaired) electrons. The molecule has 0 atom stereocenters. The maximum absolute atomic E-state index is 4.86. The van der Waals surface area contributed by atoms with Crippen LogP contribution in [0.25, 0.3) is 0 Å². The zero-order valence-electron chi connectivity index (χ0n) is 22.9. The summed E-state index contributed by atoms with van der Waals surface area (Å²) in [4.78, 5) is 9.61. The first kappa shape index (κ1) is 27.1. The van der Waals surface area contributed by atoms with E-state index in [1.807, 2.05) is 10.9 Å². The van der Waals surface area contributed by atoms with Crippen molar-refractivity contribution < 1.29 is 0 Å². The van der Waals surface area contributed by atoms with Crippen LogP contribution >= 0.6 is 0 Å². The molecule has 2 aliphatic heterocycles. The minimum atomic E-state index is 0.456. The molecular formula is C27H47N11. The van der Waals surface area contributed by atoms with Crippen LogP contribution in [-0.4, -0.2) is 76.3 Å². The Kier molecular flexibility index (Phi) is 10.4. The number of aryl methyl sites for hydroxylation is 1. The Morgan fingerprint density at radius 1 is 0.895 bits per heavy atom. The van der Waals surface area contributed by atoms with Gasteiger partial charge in [-0.25, -0.2) is 0 Å². The Bertz CT molecular complexity index is 966. The van der Waals surface area contributed by atoms with Gasteiger partial charge in [-0.3, -0.25) is 4.68 Å². The van der Waals surface area contributed by atoms with Gasteiger partial charge in [0.2, 0.25) is 5.95 Å². The highest BCUT2D eigenvalue weighted by molar-refractivity contribution is 5.62. The summed E-state index contributed by atoms with van der Waals surface area (Å²) in [6.07, 6.45) is 15.5. The molecule has 2 fully saturated rings. The number of aromatic nitrogens is 5. The zero-order chi connectivity index (χ0) is 25.8. The first-order valence-corrected chi connectivity index (χ1v) is 15.0. The van der Waals surface area contributed by atoms with Gasteiger partial charge in [0.1, 0.15) is 17.3 Å². The van der Waals surface area contributed by atoms with Crippen LogP contribution in [0.2, 0.25) is 0 Å². The first-order valence-electron chi connectivity index (χ1n) is 15.0. The molecule has 0 unspecified atom stereocenters. The number of hydrogen-bond donors (Lipinski definition) is 6. The van der Waals surface area contributed by atoms with Gasteiger partial charge in [-0.05, 0) is 84.1 Å². The van der Waals surface area contributed by atoms with Crippen LogP contribution in [0.5, 0.6) is 0 Å². The van der Waals surface area contributed by atoms with Crippen molar-refractivity contribution in [3.8, 4) is 0 Å². The highest BCUT2D eigenvalue weighted by atomic mass is 15.4. The molecule has 0 aromatic carbocycles. The Morgan fingerprint density at radius 2 is 1.76 bits per heavy atom. The van der Waals surface area contributed by atoms with Gasteiger partial charge in [0.15, 0.2) is 0 Å². The molecule has 1 saturated carbocycles. The predicted octanol–water partition coefficient (Wildman–Crippen LogP) is 2.49. The largest absolute Gasteiger partial charge is 0.370 e. The van der Waals surface area contributed by atoms with E-state index in [0.29, 0.717) is 18.5 Å². The number of nitrogens with zero attached hydrogens (tertiary/aromatic N) is 5. The third kappa shape index (κ3) is 8.25. The normalized spacial score (nSPS) is 18.6. The summed E-state index contributed by atoms with van der Waals surface area (Å²) < 4.78 is 1.93. The number of anilines is 3. The molecule has 210 valence electrons. The SMILES string of the molecule is c1c(CNc2nc3c(c(NC4CCNCC4)n2)CCCN3)nnn1CCCNCCCNC1CCCCC1. The van der Waals surface area contributed by atoms with Crippen molar-refractivity contribution in [2.24, 2.45) is 0 Å². The second-order valence-electron chi connectivity index (χ2n) is 11.0. The quantitative estimate of drug-likeness (QED) is 0.205. The molecule has 1 aliphatic carbocycles. The van der Waals surface area contributed by atoms with Crippen LogP contribution in [-0.2, 0) is 19.5 Å². The molecule has 3 aliphatic rings. The van der Waals surface area contributed by atoms with E-state index in [-0.39, 0.29) is 0 Å². The first-order chi connectivity index (χ1) is 18.8. The molecule has 0 bridgehead atoms. The van der Waals surface area contributed by atoms with Crippen LogP contribution in [0, 0.1) is 0 Å². The fourth-order valence-electron chi connectivity index (χ4n) is 5.71. The zero-order valence-corrected chi connectivity index (χ0v) is 22.9. The Balaban J connectivity index is 1.01. The number of nitrogens with one attached hydrogen (secondary N) is 6. The van der Waals surface area contributed by atoms with Gasteiger partial charge in [-0.15, -0.1) is 5.10 Å². The molecule has 6 N–H and O–H groups in total. The number of fused-ring (bicyclic) bond motifs is 1. The van der Waals surface area contributed by atoms with Crippen molar-refractivity contribution in [3.63, 3.8) is 0 Å². The van der Waals surface area contributed by atoms with Crippen molar-refractivity contribution in [2.75, 3.05) is 55.2 Å². The number of rotatable bonds is 14. The molecule has 11 heteroatoms. The van der Waals surface area contributed by atoms with E-state index in [9.17, 15) is 0 Å². The maximum atomic E-state index is 4.86. The van der Waals surface area contributed by atoms with Crippen LogP contribution in [0.15, 0.2) is 6.20 Å². The lowest BCUT2D eigenvalue weighted by Crippen LogP contribution is -2.36. The Hall–Kier alpha value is -2.50. The molecule has 0 amide bonds. The lowest BCUT2D eigenvalue weighted by Gasteiger charge is -2.27. The van der Waals surface area contributed by atoms with E-state index < -0.39 is 0 Å². The summed E-state index contributed by atoms with van der Waals surface area (Å²) in [6, 6.07) is 1.21. The maximum Gasteiger partial charge on any atom is 0.226 e. The van der Waals surface area contributed by atoms with E-state index >= 15 is 0 Å². The molecule has 38 heavy (non-hydrogen) atoms. The highest BCUT2D eigenvalue weighted by Crippen LogP contribution is 2.29. The monoisotopic (exact) mass is 525 g/mol. The smallest absolute Gasteiger partial charge is 0.226 e. The topological polar surface area (TPSA) is 129 Å². The third-order valence-electron chi connectivity index (χ3n) is 7.91. The summed E-state index contributed by atoms with van der Waals surface area (Å²) in [6.45, 7) is 7.67. The molecule has 5 rings (SSSR count). The van der Waals surface area contributed by atoms with Crippen LogP contribution in [0.4, 0.5) is 17.6 Å². The average Bonchev–Trinajstić information content (AvgIpc) is 3.42. The van der Waals surface area contributed by atoms with Crippen LogP contribution in [0.3, 0.4) is 0 Å². The van der Waals surface area contributed by atoms with Gasteiger partial charge < -0.3 is 31.9 Å². The van der Waals surface area contributed by atoms with E-state index in [4.69, 9.17) is 9.97 Å². The van der Waals surface area contributed by atoms with Crippen LogP contribution < -0.4 is 31.9 Å². The summed E-state index contributed by atoms with van der Waals surface area (Å²) in [5.41, 5.74) is 2.11. The standard InChI is InChI=1S/C27H47N11/c1-2-7-21(8-3-1)30-15-5-12-28-13-6-18-38-20-23(36-37-38)19-32-27-34-25-24(9-4-14-31-25)26(35-27)33-22-10-16-29-17-11-22/h20-22,28-30H,1-19H2,(H3,31,32,33,34,35). The van der Waals surface area contributed by atoms with Crippen LogP contribution in [0.1, 0.15) is 75.5 Å². The molecular weight excluding hydrogens is 478 g/mol. The third-order valence-corrected chi connectivity index (χ3v) is 7.91. The van der Waals surface area contributed by atoms with Crippen molar-refractivity contribution in [2.45, 2.75) is 95.8 Å². The van der Waals surface area contributed by atoms with E-state index in [2.05, 4.69) is 42.2 Å². The lowest BCUT2D eigenvalue weighted by molar-refractivity contribution is 0.371. The fourth-order valence-corrected chi connectivity index (χ4v) is 5.71. The van der Waals surface area contributed by atoms with Crippen molar-refractivity contribution in [1.82, 2.24) is 40.9 Å². The molecule has 2 aromatic heterocycles. The fraction of sp³-hybridized carbons (Fsp3) is 0.778. The summed E-state index contributed by atoms with van der Waals surface area (Å²) >= 11 is 0. The van der Waals surface area contributed by atoms with Crippen molar-refractivity contribution >= 4 is 17.6 Å². The molecule has 1 saturated heterocycles. The predicted molar refractivity (Wildman–Crippen MR) is 153 cm³/mol. The van der Waals surface area contributed by atoms with Gasteiger partial charge in [0, 0.05) is 30.7 Å². The molecule has 11 nitrogen and oxygen atoms in total. The van der Waals surface area contributed by atoms with E-state index in [1.165, 1.54) is 44.1 Å². The van der Waals surface area contributed by atoms with Gasteiger partial charge >= 0.3 is 0 Å². The summed E-state index contributed by atoms with van der Waals surface area (Å²) in [7, 11) is 0. The number of piperidine rings is 1. The highest BCUT2D eigenvalue weighted by Gasteiger charge is 2.21. The lowest BCUT2D eigenvalue weighted by atomic mass is 9.95. The van der Waals surface area contributed by atoms with Crippen molar-refractivity contribution in [3.05, 3.63) is 17.5 Å². The summed E-state index contributed by atoms with van der Waals surface area (Å²) in [5, 5.41) is 29.9. The Labute approximate surface area is 227 Å². The number of hydrogen-bond acceptors (Lipinski definition) is 10. The minimum absolute atomic E-state index is 0.456. The van der Waals surface area contributed by atoms with Gasteiger partial charge in [-0.1, -0.05) is 24.5 Å². The van der Waals surface area contributed by atoms with Gasteiger partial charge in [0.05, 0.1) is 12.7 Å². The van der Waals surface area contributed by atoms with Gasteiger partial charge in [-0.2, -0.15) is 9.97 Å². The second kappa shape index (κ2) is 14.6. The minimum Gasteiger partial charge on any atom is -0.370 e. The molecule has 4 heterocycles. The molecule has 0 spiro atoms. The second-order valence-corrected chi connectivity index (χ2v) is 11.0. The van der Waals surface area contributed by atoms with Crippen molar-refractivity contribution in [1.29, 1.82) is 0 Å². The molecule has 2 aromatic rings. The average molecular weight is 526 g/mol. The summed E-state index contributed by atoms with van der Waals surface area (Å²) in [5.74, 6) is 2.55.